The number of carbonyl (C=O) groups excluding carboxylic acids is 1. The molecule has 8 nitrogen and oxygen atoms in total. The summed E-state index contributed by atoms with van der Waals surface area (Å²) < 4.78 is 2.31. The van der Waals surface area contributed by atoms with Gasteiger partial charge in [0, 0.05) is 64.9 Å². The van der Waals surface area contributed by atoms with Crippen LogP contribution >= 0.6 is 11.8 Å². The van der Waals surface area contributed by atoms with Gasteiger partial charge in [0.2, 0.25) is 5.91 Å². The summed E-state index contributed by atoms with van der Waals surface area (Å²) in [7, 11) is 4.23. The highest BCUT2D eigenvalue weighted by Crippen LogP contribution is 2.46. The van der Waals surface area contributed by atoms with Crippen molar-refractivity contribution in [3.63, 3.8) is 0 Å². The summed E-state index contributed by atoms with van der Waals surface area (Å²) in [4.78, 5) is 21.0. The lowest BCUT2D eigenvalue weighted by atomic mass is 10.0. The number of benzene rings is 4. The molecule has 2 aliphatic heterocycles. The van der Waals surface area contributed by atoms with Crippen molar-refractivity contribution in [2.24, 2.45) is 0 Å². The lowest BCUT2D eigenvalue weighted by Gasteiger charge is -2.34. The van der Waals surface area contributed by atoms with Crippen LogP contribution in [0.15, 0.2) is 94.9 Å². The second kappa shape index (κ2) is 14.7. The molecule has 52 heavy (non-hydrogen) atoms. The Morgan fingerprint density at radius 3 is 2.42 bits per heavy atom. The van der Waals surface area contributed by atoms with E-state index in [1.54, 1.807) is 18.7 Å². The van der Waals surface area contributed by atoms with Crippen LogP contribution in [0.1, 0.15) is 36.8 Å². The predicted molar refractivity (Wildman–Crippen MR) is 215 cm³/mol. The Bertz CT molecular complexity index is 2280. The fraction of sp³-hybridized carbons (Fsp3) is 0.256. The SMILES string of the molecule is C=c1c(C)c(O)c(=C)c(N2CCC(NC(=O)CCCN(C)c3cc(C=C4Sc5ccccc5N4C)c4ccccc4[n+]3-c3ccccc3)CC2)c1O. The third-order valence-corrected chi connectivity index (χ3v) is 11.6. The maximum atomic E-state index is 13.2. The maximum Gasteiger partial charge on any atom is 0.282 e. The summed E-state index contributed by atoms with van der Waals surface area (Å²) in [6, 6.07) is 29.8. The van der Waals surface area contributed by atoms with Gasteiger partial charge in [0.25, 0.3) is 5.82 Å². The number of rotatable bonds is 9. The molecule has 4 aromatic carbocycles. The van der Waals surface area contributed by atoms with Crippen molar-refractivity contribution in [3.05, 3.63) is 112 Å². The maximum absolute atomic E-state index is 13.2. The number of aromatic hydroxyl groups is 2. The summed E-state index contributed by atoms with van der Waals surface area (Å²) >= 11 is 1.79. The van der Waals surface area contributed by atoms with E-state index < -0.39 is 0 Å². The zero-order chi connectivity index (χ0) is 36.5. The Hall–Kier alpha value is -5.41. The van der Waals surface area contributed by atoms with E-state index in [0.717, 1.165) is 35.4 Å². The highest BCUT2D eigenvalue weighted by Gasteiger charge is 2.27. The third kappa shape index (κ3) is 6.68. The molecule has 0 aliphatic carbocycles. The Morgan fingerprint density at radius 1 is 0.981 bits per heavy atom. The van der Waals surface area contributed by atoms with Crippen LogP contribution in [0.2, 0.25) is 0 Å². The highest BCUT2D eigenvalue weighted by atomic mass is 32.2. The highest BCUT2D eigenvalue weighted by molar-refractivity contribution is 8.03. The first-order chi connectivity index (χ1) is 25.1. The lowest BCUT2D eigenvalue weighted by Crippen LogP contribution is -2.46. The molecule has 0 spiro atoms. The number of hydrogen-bond acceptors (Lipinski definition) is 7. The van der Waals surface area contributed by atoms with Crippen molar-refractivity contribution in [3.8, 4) is 17.2 Å². The number of thioether (sulfide) groups is 1. The molecule has 0 saturated carbocycles. The van der Waals surface area contributed by atoms with E-state index in [1.165, 1.54) is 21.0 Å². The Kier molecular flexibility index (Phi) is 9.88. The van der Waals surface area contributed by atoms with Crippen LogP contribution in [0.3, 0.4) is 0 Å². The number of anilines is 3. The number of para-hydroxylation sites is 3. The number of carbonyl (C=O) groups is 1. The minimum Gasteiger partial charge on any atom is -0.507 e. The summed E-state index contributed by atoms with van der Waals surface area (Å²) in [5.41, 5.74) is 5.61. The van der Waals surface area contributed by atoms with Crippen LogP contribution in [0.25, 0.3) is 35.8 Å². The van der Waals surface area contributed by atoms with E-state index in [9.17, 15) is 15.0 Å². The van der Waals surface area contributed by atoms with Crippen molar-refractivity contribution in [1.82, 2.24) is 5.32 Å². The Morgan fingerprint density at radius 2 is 1.67 bits per heavy atom. The lowest BCUT2D eigenvalue weighted by molar-refractivity contribution is -0.553. The minimum atomic E-state index is 0.0429. The average Bonchev–Trinajstić information content (AvgIpc) is 3.48. The van der Waals surface area contributed by atoms with Crippen molar-refractivity contribution < 1.29 is 19.6 Å². The second-order valence-electron chi connectivity index (χ2n) is 13.7. The van der Waals surface area contributed by atoms with Gasteiger partial charge in [-0.05, 0) is 68.2 Å². The third-order valence-electron chi connectivity index (χ3n) is 10.4. The van der Waals surface area contributed by atoms with E-state index in [0.29, 0.717) is 54.2 Å². The van der Waals surface area contributed by atoms with Crippen LogP contribution < -0.4 is 35.0 Å². The summed E-state index contributed by atoms with van der Waals surface area (Å²) in [5.74, 6) is 1.22. The number of amides is 1. The van der Waals surface area contributed by atoms with Gasteiger partial charge in [-0.15, -0.1) is 0 Å². The molecule has 1 saturated heterocycles. The van der Waals surface area contributed by atoms with Gasteiger partial charge in [-0.25, -0.2) is 0 Å². The van der Waals surface area contributed by atoms with Gasteiger partial charge < -0.3 is 25.3 Å². The standard InChI is InChI=1S/C43H45N5O3S/c1-28-29(2)43(51)41(30(3)42(28)50)47-24-21-32(22-25-47)44-38(49)20-13-23-45(4)39-26-31(27-40-46(5)36-18-11-12-19-37(36)52-40)34-16-9-10-17-35(34)48(39)33-14-7-6-8-15-33/h6-12,14-19,26-27,32H,2-3,13,20-25H2,1,4-5H3,(H2-,44,49,50,51)/p+1. The number of hydrogen-bond donors (Lipinski definition) is 3. The van der Waals surface area contributed by atoms with Gasteiger partial charge in [-0.3, -0.25) is 9.69 Å². The molecular weight excluding hydrogens is 667 g/mol. The van der Waals surface area contributed by atoms with Gasteiger partial charge in [-0.1, -0.05) is 73.5 Å². The first kappa shape index (κ1) is 35.0. The van der Waals surface area contributed by atoms with Gasteiger partial charge >= 0.3 is 0 Å². The topological polar surface area (TPSA) is 83.2 Å². The molecule has 0 unspecified atom stereocenters. The average molecular weight is 713 g/mol. The Labute approximate surface area is 309 Å². The molecule has 266 valence electrons. The van der Waals surface area contributed by atoms with Crippen LogP contribution in [0.5, 0.6) is 11.5 Å². The number of nitrogens with one attached hydrogen (secondary N) is 1. The molecule has 2 aliphatic rings. The van der Waals surface area contributed by atoms with Crippen LogP contribution in [-0.2, 0) is 4.79 Å². The number of fused-ring (bicyclic) bond motifs is 2. The van der Waals surface area contributed by atoms with Crippen LogP contribution in [0.4, 0.5) is 17.2 Å². The van der Waals surface area contributed by atoms with Crippen molar-refractivity contribution in [2.45, 2.75) is 43.5 Å². The molecular formula is C43H46N5O3S+. The van der Waals surface area contributed by atoms with Gasteiger partial charge in [0.15, 0.2) is 0 Å². The molecule has 1 fully saturated rings. The Balaban J connectivity index is 1.06. The summed E-state index contributed by atoms with van der Waals surface area (Å²) in [6.45, 7) is 11.6. The predicted octanol–water partition coefficient (Wildman–Crippen LogP) is 6.20. The number of phenolic OH excluding ortho intramolecular Hbond substituents is 2. The quantitative estimate of drug-likeness (QED) is 0.124. The molecule has 0 atom stereocenters. The number of aromatic nitrogens is 1. The molecule has 7 rings (SSSR count). The fourth-order valence-electron chi connectivity index (χ4n) is 7.37. The van der Waals surface area contributed by atoms with E-state index in [2.05, 4.69) is 132 Å². The number of nitrogens with zero attached hydrogens (tertiary/aromatic N) is 4. The van der Waals surface area contributed by atoms with E-state index in [4.69, 9.17) is 0 Å². The largest absolute Gasteiger partial charge is 0.507 e. The van der Waals surface area contributed by atoms with Gasteiger partial charge in [-0.2, -0.15) is 4.57 Å². The van der Waals surface area contributed by atoms with E-state index in [1.807, 2.05) is 11.0 Å². The first-order valence-electron chi connectivity index (χ1n) is 17.9. The van der Waals surface area contributed by atoms with Crippen molar-refractivity contribution >= 4 is 65.0 Å². The van der Waals surface area contributed by atoms with Crippen molar-refractivity contribution in [2.75, 3.05) is 48.4 Å². The number of phenols is 2. The van der Waals surface area contributed by atoms with E-state index in [-0.39, 0.29) is 23.4 Å². The summed E-state index contributed by atoms with van der Waals surface area (Å²) in [6.07, 6.45) is 4.87. The van der Waals surface area contributed by atoms with Gasteiger partial charge in [0.05, 0.1) is 30.0 Å². The molecule has 1 amide bonds. The molecule has 0 radical (unpaired) electrons. The van der Waals surface area contributed by atoms with Crippen LogP contribution in [0, 0.1) is 6.92 Å². The van der Waals surface area contributed by atoms with Gasteiger partial charge in [0.1, 0.15) is 22.7 Å². The number of pyridine rings is 1. The molecule has 5 aromatic rings. The zero-order valence-electron chi connectivity index (χ0n) is 30.1. The molecule has 9 heteroatoms. The summed E-state index contributed by atoms with van der Waals surface area (Å²) in [5, 5.41) is 27.7. The second-order valence-corrected chi connectivity index (χ2v) is 14.8. The molecule has 1 aromatic heterocycles. The smallest absolute Gasteiger partial charge is 0.282 e. The normalized spacial score (nSPS) is 15.3. The first-order valence-corrected chi connectivity index (χ1v) is 18.7. The molecule has 3 heterocycles. The van der Waals surface area contributed by atoms with Crippen molar-refractivity contribution in [1.29, 1.82) is 0 Å². The number of piperidine rings is 1. The van der Waals surface area contributed by atoms with E-state index >= 15 is 0 Å². The van der Waals surface area contributed by atoms with Crippen LogP contribution in [-0.4, -0.2) is 55.9 Å². The molecule has 3 N–H and O–H groups in total. The minimum absolute atomic E-state index is 0.0429. The zero-order valence-corrected chi connectivity index (χ0v) is 30.9. The monoisotopic (exact) mass is 712 g/mol. The molecule has 0 bridgehead atoms. The fourth-order valence-corrected chi connectivity index (χ4v) is 8.47.